The van der Waals surface area contributed by atoms with Crippen molar-refractivity contribution in [2.24, 2.45) is 0 Å². The number of hydrogen-bond donors (Lipinski definition) is 0. The molecule has 4 nitrogen and oxygen atoms in total. The van der Waals surface area contributed by atoms with Crippen LogP contribution in [0.5, 0.6) is 0 Å². The van der Waals surface area contributed by atoms with Crippen molar-refractivity contribution in [1.82, 2.24) is 9.88 Å². The van der Waals surface area contributed by atoms with Crippen molar-refractivity contribution in [2.45, 2.75) is 6.54 Å². The van der Waals surface area contributed by atoms with Gasteiger partial charge in [0.1, 0.15) is 5.76 Å². The number of nitrogens with zero attached hydrogens (tertiary/aromatic N) is 2. The van der Waals surface area contributed by atoms with Gasteiger partial charge in [0.05, 0.1) is 12.1 Å². The fraction of sp³-hybridized carbons (Fsp3) is 0.167. The summed E-state index contributed by atoms with van der Waals surface area (Å²) in [5.41, 5.74) is 0.539. The topological polar surface area (TPSA) is 46.3 Å². The average molecular weight is 374 g/mol. The molecule has 0 N–H and O–H groups in total. The fourth-order valence-corrected chi connectivity index (χ4v) is 2.20. The Labute approximate surface area is 121 Å². The van der Waals surface area contributed by atoms with E-state index in [1.165, 1.54) is 0 Å². The zero-order valence-corrected chi connectivity index (χ0v) is 12.7. The molecular weight excluding hydrogens is 364 g/mol. The smallest absolute Gasteiger partial charge is 0.255 e. The van der Waals surface area contributed by atoms with Gasteiger partial charge in [0.2, 0.25) is 0 Å². The zero-order valence-electron chi connectivity index (χ0n) is 9.56. The first-order valence-corrected chi connectivity index (χ1v) is 6.75. The Hall–Kier alpha value is -1.14. The third kappa shape index (κ3) is 3.20. The standard InChI is InChI=1S/C12H10Br2N2O2/c1-16(7-10-2-3-11(14)18-10)12(17)8-4-9(13)6-15-5-8/h2-6H,7H2,1H3. The lowest BCUT2D eigenvalue weighted by molar-refractivity contribution is 0.0774. The highest BCUT2D eigenvalue weighted by atomic mass is 79.9. The van der Waals surface area contributed by atoms with Gasteiger partial charge in [-0.2, -0.15) is 0 Å². The predicted molar refractivity (Wildman–Crippen MR) is 74.1 cm³/mol. The highest BCUT2D eigenvalue weighted by molar-refractivity contribution is 9.10. The first kappa shape index (κ1) is 13.3. The minimum Gasteiger partial charge on any atom is -0.452 e. The van der Waals surface area contributed by atoms with Crippen molar-refractivity contribution in [2.75, 3.05) is 7.05 Å². The summed E-state index contributed by atoms with van der Waals surface area (Å²) in [6.07, 6.45) is 3.18. The van der Waals surface area contributed by atoms with Gasteiger partial charge >= 0.3 is 0 Å². The molecule has 0 bridgehead atoms. The number of amides is 1. The van der Waals surface area contributed by atoms with Crippen molar-refractivity contribution in [3.05, 3.63) is 51.1 Å². The lowest BCUT2D eigenvalue weighted by Gasteiger charge is -2.15. The van der Waals surface area contributed by atoms with Crippen LogP contribution >= 0.6 is 31.9 Å². The number of halogens is 2. The molecule has 0 saturated heterocycles. The van der Waals surface area contributed by atoms with E-state index < -0.39 is 0 Å². The lowest BCUT2D eigenvalue weighted by atomic mass is 10.2. The van der Waals surface area contributed by atoms with Crippen LogP contribution in [-0.2, 0) is 6.54 Å². The van der Waals surface area contributed by atoms with E-state index in [0.29, 0.717) is 16.8 Å². The maximum Gasteiger partial charge on any atom is 0.255 e. The molecule has 0 unspecified atom stereocenters. The minimum absolute atomic E-state index is 0.101. The predicted octanol–water partition coefficient (Wildman–Crippen LogP) is 3.47. The van der Waals surface area contributed by atoms with Crippen molar-refractivity contribution < 1.29 is 9.21 Å². The molecule has 6 heteroatoms. The Morgan fingerprint density at radius 2 is 2.17 bits per heavy atom. The number of aromatic nitrogens is 1. The normalized spacial score (nSPS) is 10.4. The largest absolute Gasteiger partial charge is 0.452 e. The Morgan fingerprint density at radius 1 is 1.39 bits per heavy atom. The van der Waals surface area contributed by atoms with Crippen LogP contribution in [0.3, 0.4) is 0 Å². The summed E-state index contributed by atoms with van der Waals surface area (Å²) < 4.78 is 6.80. The minimum atomic E-state index is -0.101. The second-order valence-electron chi connectivity index (χ2n) is 3.76. The number of pyridine rings is 1. The molecule has 0 aromatic carbocycles. The summed E-state index contributed by atoms with van der Waals surface area (Å²) >= 11 is 6.52. The Bertz CT molecular complexity index is 569. The summed E-state index contributed by atoms with van der Waals surface area (Å²) in [6, 6.07) is 5.37. The van der Waals surface area contributed by atoms with E-state index in [1.54, 1.807) is 36.5 Å². The van der Waals surface area contributed by atoms with Crippen molar-refractivity contribution in [3.8, 4) is 0 Å². The molecule has 2 heterocycles. The van der Waals surface area contributed by atoms with Gasteiger partial charge in [0, 0.05) is 23.9 Å². The van der Waals surface area contributed by atoms with Gasteiger partial charge in [-0.3, -0.25) is 9.78 Å². The first-order valence-electron chi connectivity index (χ1n) is 5.16. The molecule has 0 fully saturated rings. The van der Waals surface area contributed by atoms with E-state index in [4.69, 9.17) is 4.42 Å². The first-order chi connectivity index (χ1) is 8.56. The molecule has 2 aromatic rings. The van der Waals surface area contributed by atoms with Crippen molar-refractivity contribution >= 4 is 37.8 Å². The molecular formula is C12H10Br2N2O2. The van der Waals surface area contributed by atoms with Gasteiger partial charge in [-0.05, 0) is 50.1 Å². The molecule has 2 rings (SSSR count). The van der Waals surface area contributed by atoms with Gasteiger partial charge in [0.25, 0.3) is 5.91 Å². The maximum absolute atomic E-state index is 12.1. The highest BCUT2D eigenvalue weighted by Crippen LogP contribution is 2.17. The molecule has 1 amide bonds. The van der Waals surface area contributed by atoms with Gasteiger partial charge in [-0.25, -0.2) is 0 Å². The van der Waals surface area contributed by atoms with Crippen LogP contribution in [0.4, 0.5) is 0 Å². The number of carbonyl (C=O) groups is 1. The third-order valence-electron chi connectivity index (χ3n) is 2.32. The molecule has 0 aliphatic carbocycles. The number of hydrogen-bond acceptors (Lipinski definition) is 3. The van der Waals surface area contributed by atoms with Gasteiger partial charge in [-0.1, -0.05) is 0 Å². The van der Waals surface area contributed by atoms with Gasteiger partial charge in [-0.15, -0.1) is 0 Å². The SMILES string of the molecule is CN(Cc1ccc(Br)o1)C(=O)c1cncc(Br)c1. The molecule has 94 valence electrons. The summed E-state index contributed by atoms with van der Waals surface area (Å²) in [6.45, 7) is 0.414. The van der Waals surface area contributed by atoms with Crippen LogP contribution in [0, 0.1) is 0 Å². The van der Waals surface area contributed by atoms with E-state index >= 15 is 0 Å². The average Bonchev–Trinajstić information content (AvgIpc) is 2.73. The van der Waals surface area contributed by atoms with Crippen LogP contribution in [0.25, 0.3) is 0 Å². The van der Waals surface area contributed by atoms with E-state index in [1.807, 2.05) is 6.07 Å². The molecule has 0 aliphatic rings. The van der Waals surface area contributed by atoms with Gasteiger partial charge in [0.15, 0.2) is 4.67 Å². The number of carbonyl (C=O) groups excluding carboxylic acids is 1. The molecule has 0 spiro atoms. The van der Waals surface area contributed by atoms with Crippen LogP contribution < -0.4 is 0 Å². The Morgan fingerprint density at radius 3 is 2.78 bits per heavy atom. The van der Waals surface area contributed by atoms with E-state index in [-0.39, 0.29) is 5.91 Å². The van der Waals surface area contributed by atoms with Crippen LogP contribution in [0.1, 0.15) is 16.1 Å². The molecule has 0 saturated carbocycles. The summed E-state index contributed by atoms with van der Waals surface area (Å²) in [7, 11) is 1.72. The summed E-state index contributed by atoms with van der Waals surface area (Å²) in [5.74, 6) is 0.622. The monoisotopic (exact) mass is 372 g/mol. The second kappa shape index (κ2) is 5.67. The van der Waals surface area contributed by atoms with Crippen molar-refractivity contribution in [3.63, 3.8) is 0 Å². The Balaban J connectivity index is 2.09. The van der Waals surface area contributed by atoms with E-state index in [2.05, 4.69) is 36.8 Å². The zero-order chi connectivity index (χ0) is 13.1. The molecule has 2 aromatic heterocycles. The lowest BCUT2D eigenvalue weighted by Crippen LogP contribution is -2.26. The second-order valence-corrected chi connectivity index (χ2v) is 5.46. The van der Waals surface area contributed by atoms with Crippen LogP contribution in [0.15, 0.2) is 44.2 Å². The Kier molecular flexibility index (Phi) is 4.19. The quantitative estimate of drug-likeness (QED) is 0.827. The van der Waals surface area contributed by atoms with Crippen LogP contribution in [0.2, 0.25) is 0 Å². The maximum atomic E-state index is 12.1. The molecule has 0 radical (unpaired) electrons. The number of rotatable bonds is 3. The fourth-order valence-electron chi connectivity index (χ4n) is 1.49. The number of furan rings is 1. The van der Waals surface area contributed by atoms with E-state index in [0.717, 1.165) is 10.2 Å². The molecule has 0 atom stereocenters. The third-order valence-corrected chi connectivity index (χ3v) is 3.18. The summed E-state index contributed by atoms with van der Waals surface area (Å²) in [4.78, 5) is 17.7. The van der Waals surface area contributed by atoms with Gasteiger partial charge < -0.3 is 9.32 Å². The van der Waals surface area contributed by atoms with Crippen molar-refractivity contribution in [1.29, 1.82) is 0 Å². The van der Waals surface area contributed by atoms with E-state index in [9.17, 15) is 4.79 Å². The molecule has 0 aliphatic heterocycles. The molecule has 18 heavy (non-hydrogen) atoms. The highest BCUT2D eigenvalue weighted by Gasteiger charge is 2.14. The summed E-state index contributed by atoms with van der Waals surface area (Å²) in [5, 5.41) is 0. The van der Waals surface area contributed by atoms with Crippen LogP contribution in [-0.4, -0.2) is 22.8 Å².